The first-order chi connectivity index (χ1) is 22.1. The van der Waals surface area contributed by atoms with Gasteiger partial charge in [0.1, 0.15) is 0 Å². The van der Waals surface area contributed by atoms with Crippen molar-refractivity contribution in [3.63, 3.8) is 0 Å². The predicted molar refractivity (Wildman–Crippen MR) is 181 cm³/mol. The molecule has 46 heavy (non-hydrogen) atoms. The molecule has 6 heterocycles. The maximum absolute atomic E-state index is 13.6. The Morgan fingerprint density at radius 2 is 1.74 bits per heavy atom. The monoisotopic (exact) mass is 813 g/mol. The minimum absolute atomic E-state index is 0.0155. The number of hydrogen-bond donors (Lipinski definition) is 3. The van der Waals surface area contributed by atoms with Gasteiger partial charge in [0, 0.05) is 11.1 Å². The zero-order chi connectivity index (χ0) is 32.9. The number of carbonyl (C=O) groups excluding carboxylic acids is 3. The number of fused-ring (bicyclic) bond motifs is 8. The van der Waals surface area contributed by atoms with E-state index in [2.05, 4.69) is 42.6 Å². The van der Waals surface area contributed by atoms with Crippen LogP contribution in [0.1, 0.15) is 126 Å². The number of rotatable bonds is 8. The van der Waals surface area contributed by atoms with E-state index < -0.39 is 11.9 Å². The number of hydrogen-bond acceptors (Lipinski definition) is 6. The van der Waals surface area contributed by atoms with Crippen molar-refractivity contribution in [1.82, 2.24) is 25.3 Å². The number of amides is 1. The SMILES string of the molecule is C=CC1=C(C)c2cc3[nH]c(c4c5[nH]c(cc6nc(cc1n2)C(C)=C6CC)c(C)c5C(=O)OC4=O)[C@@H](CCC(=O)NCC[CH2][Po])[C@@H]3C. The van der Waals surface area contributed by atoms with Gasteiger partial charge < -0.3 is 0 Å². The van der Waals surface area contributed by atoms with Gasteiger partial charge in [-0.1, -0.05) is 19.6 Å². The molecule has 0 spiro atoms. The van der Waals surface area contributed by atoms with Crippen LogP contribution in [0.5, 0.6) is 0 Å². The third-order valence-electron chi connectivity index (χ3n) is 9.57. The molecule has 2 aromatic rings. The summed E-state index contributed by atoms with van der Waals surface area (Å²) in [4.78, 5) is 56.6. The van der Waals surface area contributed by atoms with Crippen molar-refractivity contribution in [2.75, 3.05) is 6.54 Å². The van der Waals surface area contributed by atoms with Crippen molar-refractivity contribution in [2.24, 2.45) is 0 Å². The standard InChI is InChI=1S/C36H38N5O4.Po/c1-8-13-37-30(42)12-11-23-19(6)26-14-24-17(4)21(9-2)28(38-24)15-25-18(5)22(10-3)29(39-25)16-27-20(7)31-34(41-27)32(33(23)40-26)36(44)45-35(31)43;/h9,14-16,19,23,40-41H,1-2,8,10-13H2,3-7H3,(H,37,42);/t19-,23-;/m0./s1. The number of aromatic nitrogens is 4. The summed E-state index contributed by atoms with van der Waals surface area (Å²) in [5, 5.41) is 3.02. The summed E-state index contributed by atoms with van der Waals surface area (Å²) < 4.78 is 6.45. The van der Waals surface area contributed by atoms with Crippen LogP contribution >= 0.6 is 0 Å². The van der Waals surface area contributed by atoms with Gasteiger partial charge in [-0.2, -0.15) is 0 Å². The summed E-state index contributed by atoms with van der Waals surface area (Å²) in [5.74, 6) is -1.70. The van der Waals surface area contributed by atoms with Crippen LogP contribution in [0.2, 0.25) is 4.08 Å². The number of nitrogens with zero attached hydrogens (tertiary/aromatic N) is 2. The zero-order valence-electron chi connectivity index (χ0n) is 26.8. The summed E-state index contributed by atoms with van der Waals surface area (Å²) in [7, 11) is 0. The zero-order valence-corrected chi connectivity index (χ0v) is 30.0. The van der Waals surface area contributed by atoms with Gasteiger partial charge in [0.05, 0.1) is 17.1 Å². The molecule has 3 N–H and O–H groups in total. The summed E-state index contributed by atoms with van der Waals surface area (Å²) >= 11 is 1.50. The van der Waals surface area contributed by atoms with Crippen molar-refractivity contribution < 1.29 is 19.1 Å². The topological polar surface area (TPSA) is 130 Å². The van der Waals surface area contributed by atoms with E-state index in [9.17, 15) is 14.4 Å². The fourth-order valence-electron chi connectivity index (χ4n) is 6.91. The van der Waals surface area contributed by atoms with Gasteiger partial charge in [-0.05, 0) is 61.6 Å². The summed E-state index contributed by atoms with van der Waals surface area (Å²) in [6.07, 6.45) is 4.36. The molecular weight excluding hydrogens is 775 g/mol. The number of ether oxygens (including phenoxy) is 1. The quantitative estimate of drug-likeness (QED) is 0.152. The molecule has 0 aromatic carbocycles. The molecule has 6 rings (SSSR count). The van der Waals surface area contributed by atoms with Crippen LogP contribution in [-0.2, 0) is 9.53 Å². The van der Waals surface area contributed by atoms with E-state index in [0.29, 0.717) is 47.2 Å². The second kappa shape index (κ2) is 12.7. The summed E-state index contributed by atoms with van der Waals surface area (Å²) in [6.45, 7) is 14.9. The van der Waals surface area contributed by atoms with Crippen molar-refractivity contribution in [1.29, 1.82) is 0 Å². The number of allylic oxidation sites excluding steroid dienone is 5. The van der Waals surface area contributed by atoms with Crippen LogP contribution < -0.4 is 5.32 Å². The van der Waals surface area contributed by atoms with E-state index >= 15 is 0 Å². The third kappa shape index (κ3) is 5.45. The van der Waals surface area contributed by atoms with Gasteiger partial charge in [-0.3, -0.25) is 0 Å². The maximum atomic E-state index is 13.6. The van der Waals surface area contributed by atoms with Crippen molar-refractivity contribution in [3.05, 3.63) is 81.7 Å². The van der Waals surface area contributed by atoms with Crippen LogP contribution in [0.25, 0.3) is 33.3 Å². The average Bonchev–Trinajstić information content (AvgIpc) is 3.69. The van der Waals surface area contributed by atoms with E-state index in [1.807, 2.05) is 38.1 Å². The molecule has 0 saturated carbocycles. The molecule has 1 radical (unpaired) electrons. The van der Waals surface area contributed by atoms with Crippen LogP contribution in [0.4, 0.5) is 0 Å². The molecule has 0 aliphatic carbocycles. The molecule has 2 atom stereocenters. The number of carbonyl (C=O) groups is 3. The van der Waals surface area contributed by atoms with E-state index in [0.717, 1.165) is 67.7 Å². The third-order valence-corrected chi connectivity index (χ3v) is 10.7. The molecule has 9 nitrogen and oxygen atoms in total. The van der Waals surface area contributed by atoms with Crippen LogP contribution in [0.15, 0.2) is 30.9 Å². The molecule has 0 unspecified atom stereocenters. The molecule has 237 valence electrons. The van der Waals surface area contributed by atoms with Crippen molar-refractivity contribution in [2.45, 2.75) is 76.2 Å². The van der Waals surface area contributed by atoms with Crippen LogP contribution in [0, 0.1) is 6.92 Å². The normalized spacial score (nSPS) is 18.1. The molecule has 4 aliphatic heterocycles. The Hall–Kier alpha value is -3.89. The van der Waals surface area contributed by atoms with E-state index in [4.69, 9.17) is 14.7 Å². The van der Waals surface area contributed by atoms with Crippen molar-refractivity contribution >= 4 is 76.2 Å². The Balaban J connectivity index is 1.67. The summed E-state index contributed by atoms with van der Waals surface area (Å²) in [5.41, 5.74) is 11.2. The molecule has 1 amide bonds. The molecule has 0 fully saturated rings. The number of esters is 2. The molecule has 0 saturated heterocycles. The Bertz CT molecular complexity index is 1960. The first kappa shape index (κ1) is 32.1. The fourth-order valence-corrected chi connectivity index (χ4v) is 7.47. The van der Waals surface area contributed by atoms with E-state index in [1.165, 1.54) is 25.1 Å². The van der Waals surface area contributed by atoms with Gasteiger partial charge in [-0.15, -0.1) is 0 Å². The molecule has 2 aromatic heterocycles. The molecule has 8 bridgehead atoms. The minimum atomic E-state index is -0.713. The number of aryl methyl sites for hydroxylation is 1. The Morgan fingerprint density at radius 3 is 2.46 bits per heavy atom. The van der Waals surface area contributed by atoms with Crippen molar-refractivity contribution in [3.8, 4) is 0 Å². The number of H-pyrrole nitrogens is 2. The van der Waals surface area contributed by atoms with E-state index in [1.54, 1.807) is 0 Å². The second-order valence-electron chi connectivity index (χ2n) is 12.2. The first-order valence-electron chi connectivity index (χ1n) is 15.8. The Kier molecular flexibility index (Phi) is 8.86. The Morgan fingerprint density at radius 1 is 1.02 bits per heavy atom. The second-order valence-corrected chi connectivity index (χ2v) is 13.8. The first-order valence-corrected chi connectivity index (χ1v) is 18.0. The fraction of sp³-hybridized carbons (Fsp3) is 0.361. The van der Waals surface area contributed by atoms with Crippen LogP contribution in [-0.4, -0.2) is 69.4 Å². The molecular formula is C36H38N5O4Po. The average molecular weight is 814 g/mol. The van der Waals surface area contributed by atoms with Gasteiger partial charge >= 0.3 is 161 Å². The van der Waals surface area contributed by atoms with Crippen LogP contribution in [0.3, 0.4) is 0 Å². The van der Waals surface area contributed by atoms with E-state index in [-0.39, 0.29) is 23.3 Å². The number of nitrogens with one attached hydrogen (secondary N) is 3. The molecule has 10 heteroatoms. The Labute approximate surface area is 283 Å². The van der Waals surface area contributed by atoms with Gasteiger partial charge in [0.2, 0.25) is 0 Å². The number of aromatic amines is 2. The predicted octanol–water partition coefficient (Wildman–Crippen LogP) is 6.87. The van der Waals surface area contributed by atoms with Gasteiger partial charge in [0.15, 0.2) is 0 Å². The summed E-state index contributed by atoms with van der Waals surface area (Å²) in [6, 6.07) is 5.98. The molecule has 4 aliphatic rings. The number of cyclic esters (lactones) is 2. The van der Waals surface area contributed by atoms with Gasteiger partial charge in [-0.25, -0.2) is 14.8 Å². The van der Waals surface area contributed by atoms with Gasteiger partial charge in [0.25, 0.3) is 0 Å².